The summed E-state index contributed by atoms with van der Waals surface area (Å²) in [5.74, 6) is -0.599. The number of fused-ring (bicyclic) bond motifs is 1. The van der Waals surface area contributed by atoms with E-state index in [1.165, 1.54) is 15.9 Å². The van der Waals surface area contributed by atoms with E-state index in [-0.39, 0.29) is 31.0 Å². The van der Waals surface area contributed by atoms with Crippen LogP contribution in [0.15, 0.2) is 82.1 Å². The molecule has 0 unspecified atom stereocenters. The fourth-order valence-corrected chi connectivity index (χ4v) is 7.88. The van der Waals surface area contributed by atoms with Gasteiger partial charge in [0.15, 0.2) is 11.4 Å². The summed E-state index contributed by atoms with van der Waals surface area (Å²) in [5, 5.41) is 0.523. The SMILES string of the molecule is CCOC(=O)COc1c(I)cc(I)cc1/C=c1\sc2n(c1=O)[C@H](c1ccc(Cl)cc1)C(C(=O)OCC)=C(c1ccccc1)N=2. The Kier molecular flexibility index (Phi) is 10.6. The molecule has 1 aliphatic heterocycles. The highest BCUT2D eigenvalue weighted by molar-refractivity contribution is 14.1. The molecule has 0 N–H and O–H groups in total. The predicted molar refractivity (Wildman–Crippen MR) is 187 cm³/mol. The van der Waals surface area contributed by atoms with E-state index in [0.29, 0.717) is 42.5 Å². The van der Waals surface area contributed by atoms with Crippen molar-refractivity contribution in [3.63, 3.8) is 0 Å². The summed E-state index contributed by atoms with van der Waals surface area (Å²) >= 11 is 11.7. The van der Waals surface area contributed by atoms with Crippen LogP contribution in [0.3, 0.4) is 0 Å². The molecule has 0 saturated carbocycles. The first-order valence-electron chi connectivity index (χ1n) is 13.5. The van der Waals surface area contributed by atoms with Crippen molar-refractivity contribution < 1.29 is 23.8 Å². The molecular formula is C32H25ClI2N2O6S. The maximum atomic E-state index is 14.2. The highest BCUT2D eigenvalue weighted by Crippen LogP contribution is 2.36. The van der Waals surface area contributed by atoms with Gasteiger partial charge in [-0.3, -0.25) is 9.36 Å². The first-order valence-corrected chi connectivity index (χ1v) is 16.9. The molecule has 3 aromatic carbocycles. The normalized spacial score (nSPS) is 14.6. The third-order valence-corrected chi connectivity index (χ3v) is 9.18. The standard InChI is InChI=1S/C32H25ClI2N2O6S/c1-3-41-25(38)17-43-29-20(14-22(34)16-23(29)35)15-24-30(39)37-28(19-10-12-21(33)13-11-19)26(31(40)42-4-2)27(36-32(37)44-24)18-8-6-5-7-9-18/h5-16,28H,3-4,17H2,1-2H3/b24-15-/t28-/m1/s1. The molecule has 1 aliphatic rings. The van der Waals surface area contributed by atoms with Gasteiger partial charge in [0, 0.05) is 19.7 Å². The van der Waals surface area contributed by atoms with Gasteiger partial charge in [-0.1, -0.05) is 65.4 Å². The number of thiazole rings is 1. The van der Waals surface area contributed by atoms with Crippen LogP contribution in [0.4, 0.5) is 0 Å². The number of halogens is 3. The lowest BCUT2D eigenvalue weighted by Crippen LogP contribution is -2.40. The summed E-state index contributed by atoms with van der Waals surface area (Å²) in [6, 6.07) is 19.3. The molecule has 44 heavy (non-hydrogen) atoms. The Labute approximate surface area is 289 Å². The molecule has 0 spiro atoms. The van der Waals surface area contributed by atoms with E-state index in [0.717, 1.165) is 7.14 Å². The first-order chi connectivity index (χ1) is 21.2. The van der Waals surface area contributed by atoms with Crippen LogP contribution in [0.5, 0.6) is 5.75 Å². The minimum absolute atomic E-state index is 0.155. The lowest BCUT2D eigenvalue weighted by molar-refractivity contribution is -0.145. The second-order valence-corrected chi connectivity index (χ2v) is 13.2. The lowest BCUT2D eigenvalue weighted by Gasteiger charge is -2.26. The maximum absolute atomic E-state index is 14.2. The predicted octanol–water partition coefficient (Wildman–Crippen LogP) is 5.74. The molecule has 0 saturated heterocycles. The van der Waals surface area contributed by atoms with Gasteiger partial charge in [-0.15, -0.1) is 0 Å². The van der Waals surface area contributed by atoms with Crippen LogP contribution in [0.1, 0.15) is 36.6 Å². The largest absolute Gasteiger partial charge is 0.480 e. The Bertz CT molecular complexity index is 1940. The number of aromatic nitrogens is 1. The highest BCUT2D eigenvalue weighted by Gasteiger charge is 2.35. The zero-order valence-corrected chi connectivity index (χ0v) is 29.4. The van der Waals surface area contributed by atoms with Gasteiger partial charge in [-0.2, -0.15) is 0 Å². The molecule has 0 bridgehead atoms. The summed E-state index contributed by atoms with van der Waals surface area (Å²) < 4.78 is 20.0. The van der Waals surface area contributed by atoms with Crippen molar-refractivity contribution in [2.45, 2.75) is 19.9 Å². The Morgan fingerprint density at radius 1 is 1.02 bits per heavy atom. The molecule has 226 valence electrons. The molecule has 8 nitrogen and oxygen atoms in total. The van der Waals surface area contributed by atoms with E-state index in [9.17, 15) is 14.4 Å². The molecule has 1 atom stereocenters. The average molecular weight is 855 g/mol. The van der Waals surface area contributed by atoms with Crippen LogP contribution < -0.4 is 19.6 Å². The summed E-state index contributed by atoms with van der Waals surface area (Å²) in [5.41, 5.74) is 2.35. The molecule has 1 aromatic heterocycles. The van der Waals surface area contributed by atoms with E-state index in [4.69, 9.17) is 30.8 Å². The molecule has 0 radical (unpaired) electrons. The van der Waals surface area contributed by atoms with Crippen molar-refractivity contribution in [1.29, 1.82) is 0 Å². The number of benzene rings is 3. The lowest BCUT2D eigenvalue weighted by atomic mass is 9.93. The van der Waals surface area contributed by atoms with Gasteiger partial charge in [0.25, 0.3) is 5.56 Å². The van der Waals surface area contributed by atoms with E-state index >= 15 is 0 Å². The third-order valence-electron chi connectivity index (χ3n) is 6.52. The number of nitrogens with zero attached hydrogens (tertiary/aromatic N) is 2. The van der Waals surface area contributed by atoms with E-state index in [1.807, 2.05) is 42.5 Å². The molecule has 0 fully saturated rings. The second kappa shape index (κ2) is 14.4. The Hall–Kier alpha value is -3.01. The monoisotopic (exact) mass is 854 g/mol. The van der Waals surface area contributed by atoms with E-state index in [1.54, 1.807) is 44.2 Å². The smallest absolute Gasteiger partial charge is 0.344 e. The Morgan fingerprint density at radius 3 is 2.41 bits per heavy atom. The summed E-state index contributed by atoms with van der Waals surface area (Å²) in [6.07, 6.45) is 1.73. The fourth-order valence-electron chi connectivity index (χ4n) is 4.72. The van der Waals surface area contributed by atoms with E-state index < -0.39 is 18.0 Å². The fraction of sp³-hybridized carbons (Fsp3) is 0.188. The van der Waals surface area contributed by atoms with Crippen molar-refractivity contribution in [1.82, 2.24) is 4.57 Å². The van der Waals surface area contributed by atoms with Crippen molar-refractivity contribution in [3.8, 4) is 5.75 Å². The van der Waals surface area contributed by atoms with Crippen LogP contribution in [0.2, 0.25) is 5.02 Å². The second-order valence-electron chi connectivity index (χ2n) is 9.38. The Balaban J connectivity index is 1.76. The van der Waals surface area contributed by atoms with Gasteiger partial charge < -0.3 is 14.2 Å². The summed E-state index contributed by atoms with van der Waals surface area (Å²) in [6.45, 7) is 3.59. The van der Waals surface area contributed by atoms with Gasteiger partial charge in [0.1, 0.15) is 5.75 Å². The average Bonchev–Trinajstić information content (AvgIpc) is 3.31. The number of carbonyl (C=O) groups excluding carboxylic acids is 2. The van der Waals surface area contributed by atoms with Crippen LogP contribution in [-0.4, -0.2) is 36.3 Å². The minimum atomic E-state index is -0.824. The Morgan fingerprint density at radius 2 is 1.73 bits per heavy atom. The minimum Gasteiger partial charge on any atom is -0.480 e. The zero-order chi connectivity index (χ0) is 31.4. The molecule has 2 heterocycles. The molecule has 5 rings (SSSR count). The number of ether oxygens (including phenoxy) is 3. The molecule has 0 aliphatic carbocycles. The van der Waals surface area contributed by atoms with Crippen molar-refractivity contribution in [2.24, 2.45) is 4.99 Å². The molecule has 0 amide bonds. The van der Waals surface area contributed by atoms with E-state index in [2.05, 4.69) is 45.2 Å². The van der Waals surface area contributed by atoms with Crippen molar-refractivity contribution in [3.05, 3.63) is 121 Å². The third kappa shape index (κ3) is 6.95. The summed E-state index contributed by atoms with van der Waals surface area (Å²) in [4.78, 5) is 45.2. The quantitative estimate of drug-likeness (QED) is 0.158. The van der Waals surface area contributed by atoms with Crippen LogP contribution in [-0.2, 0) is 19.1 Å². The number of esters is 2. The van der Waals surface area contributed by atoms with Gasteiger partial charge in [-0.05, 0) is 94.9 Å². The number of carbonyl (C=O) groups is 2. The van der Waals surface area contributed by atoms with Crippen molar-refractivity contribution in [2.75, 3.05) is 19.8 Å². The van der Waals surface area contributed by atoms with Gasteiger partial charge in [-0.25, -0.2) is 14.6 Å². The number of rotatable bonds is 9. The molecular weight excluding hydrogens is 830 g/mol. The molecule has 4 aromatic rings. The first kappa shape index (κ1) is 32.4. The van der Waals surface area contributed by atoms with Crippen LogP contribution >= 0.6 is 68.1 Å². The highest BCUT2D eigenvalue weighted by atomic mass is 127. The number of hydrogen-bond acceptors (Lipinski definition) is 8. The zero-order valence-electron chi connectivity index (χ0n) is 23.5. The maximum Gasteiger partial charge on any atom is 0.344 e. The molecule has 12 heteroatoms. The van der Waals surface area contributed by atoms with Gasteiger partial charge in [0.2, 0.25) is 0 Å². The summed E-state index contributed by atoms with van der Waals surface area (Å²) in [7, 11) is 0. The van der Waals surface area contributed by atoms with Crippen LogP contribution in [0, 0.1) is 7.14 Å². The van der Waals surface area contributed by atoms with Gasteiger partial charge in [0.05, 0.1) is 38.6 Å². The van der Waals surface area contributed by atoms with Crippen molar-refractivity contribution >= 4 is 91.8 Å². The van der Waals surface area contributed by atoms with Gasteiger partial charge >= 0.3 is 11.9 Å². The van der Waals surface area contributed by atoms with Crippen LogP contribution in [0.25, 0.3) is 11.8 Å². The number of hydrogen-bond donors (Lipinski definition) is 0. The topological polar surface area (TPSA) is 96.2 Å².